The quantitative estimate of drug-likeness (QED) is 0.879. The first kappa shape index (κ1) is 18.0. The van der Waals surface area contributed by atoms with E-state index < -0.39 is 0 Å². The fraction of sp³-hybridized carbons (Fsp3) is 0.455. The van der Waals surface area contributed by atoms with E-state index in [1.807, 2.05) is 29.3 Å². The van der Waals surface area contributed by atoms with Crippen LogP contribution in [0.15, 0.2) is 48.8 Å². The van der Waals surface area contributed by atoms with Crippen molar-refractivity contribution >= 4 is 11.7 Å². The van der Waals surface area contributed by atoms with Crippen molar-refractivity contribution in [3.8, 4) is 0 Å². The van der Waals surface area contributed by atoms with Crippen LogP contribution in [0.4, 0.5) is 10.5 Å². The molecule has 1 N–H and O–H groups in total. The van der Waals surface area contributed by atoms with Crippen molar-refractivity contribution in [3.05, 3.63) is 59.9 Å². The van der Waals surface area contributed by atoms with Gasteiger partial charge in [0.25, 0.3) is 0 Å². The SMILES string of the molecule is CC(C)CN1CC(c2ccc(NC(=O)N3CC(c4cccnc4)C3)cc2)C1. The maximum atomic E-state index is 12.4. The molecule has 0 atom stereocenters. The summed E-state index contributed by atoms with van der Waals surface area (Å²) in [5, 5.41) is 3.01. The van der Waals surface area contributed by atoms with Crippen LogP contribution in [0.25, 0.3) is 0 Å². The second kappa shape index (κ2) is 7.69. The molecule has 2 fully saturated rings. The number of hydrogen-bond donors (Lipinski definition) is 1. The number of rotatable bonds is 5. The summed E-state index contributed by atoms with van der Waals surface area (Å²) in [6.07, 6.45) is 3.67. The minimum absolute atomic E-state index is 0.0188. The number of nitrogens with zero attached hydrogens (tertiary/aromatic N) is 3. The lowest BCUT2D eigenvalue weighted by molar-refractivity contribution is 0.131. The van der Waals surface area contributed by atoms with Crippen molar-refractivity contribution < 1.29 is 4.79 Å². The zero-order valence-electron chi connectivity index (χ0n) is 16.1. The van der Waals surface area contributed by atoms with E-state index >= 15 is 0 Å². The number of anilines is 1. The van der Waals surface area contributed by atoms with Crippen LogP contribution in [0.2, 0.25) is 0 Å². The van der Waals surface area contributed by atoms with Gasteiger partial charge >= 0.3 is 6.03 Å². The Kier molecular flexibility index (Phi) is 5.12. The number of carbonyl (C=O) groups excluding carboxylic acids is 1. The highest BCUT2D eigenvalue weighted by atomic mass is 16.2. The monoisotopic (exact) mass is 364 g/mol. The van der Waals surface area contributed by atoms with E-state index in [1.165, 1.54) is 17.7 Å². The number of likely N-dealkylation sites (tertiary alicyclic amines) is 2. The first-order valence-corrected chi connectivity index (χ1v) is 9.86. The number of aromatic nitrogens is 1. The lowest BCUT2D eigenvalue weighted by atomic mass is 9.90. The molecule has 1 aromatic heterocycles. The third-order valence-electron chi connectivity index (χ3n) is 5.54. The van der Waals surface area contributed by atoms with Crippen molar-refractivity contribution in [1.82, 2.24) is 14.8 Å². The topological polar surface area (TPSA) is 48.5 Å². The van der Waals surface area contributed by atoms with Crippen molar-refractivity contribution in [1.29, 1.82) is 0 Å². The molecule has 0 bridgehead atoms. The molecular weight excluding hydrogens is 336 g/mol. The van der Waals surface area contributed by atoms with Gasteiger partial charge in [0.1, 0.15) is 0 Å². The molecule has 142 valence electrons. The van der Waals surface area contributed by atoms with Crippen LogP contribution in [0.5, 0.6) is 0 Å². The maximum absolute atomic E-state index is 12.4. The number of urea groups is 1. The first-order valence-electron chi connectivity index (χ1n) is 9.86. The zero-order chi connectivity index (χ0) is 18.8. The molecule has 2 aliphatic rings. The normalized spacial score (nSPS) is 18.3. The molecule has 0 aliphatic carbocycles. The van der Waals surface area contributed by atoms with E-state index in [-0.39, 0.29) is 6.03 Å². The van der Waals surface area contributed by atoms with Gasteiger partial charge in [0.15, 0.2) is 0 Å². The Hall–Kier alpha value is -2.40. The lowest BCUT2D eigenvalue weighted by Gasteiger charge is -2.40. The van der Waals surface area contributed by atoms with Gasteiger partial charge in [0.2, 0.25) is 0 Å². The average Bonchev–Trinajstić information content (AvgIpc) is 2.58. The maximum Gasteiger partial charge on any atom is 0.321 e. The van der Waals surface area contributed by atoms with E-state index in [0.717, 1.165) is 37.8 Å². The van der Waals surface area contributed by atoms with Crippen LogP contribution < -0.4 is 5.32 Å². The van der Waals surface area contributed by atoms with Crippen LogP contribution in [-0.4, -0.2) is 53.5 Å². The van der Waals surface area contributed by atoms with Gasteiger partial charge in [0, 0.05) is 62.6 Å². The predicted octanol–water partition coefficient (Wildman–Crippen LogP) is 3.77. The van der Waals surface area contributed by atoms with Gasteiger partial charge in [-0.05, 0) is 35.2 Å². The standard InChI is InChI=1S/C22H28N4O/c1-16(2)11-25-12-19(13-25)17-5-7-21(8-6-17)24-22(27)26-14-20(15-26)18-4-3-9-23-10-18/h3-10,16,19-20H,11-15H2,1-2H3,(H,24,27). The fourth-order valence-corrected chi connectivity index (χ4v) is 3.96. The molecule has 0 radical (unpaired) electrons. The minimum Gasteiger partial charge on any atom is -0.323 e. The summed E-state index contributed by atoms with van der Waals surface area (Å²) in [5.74, 6) is 1.76. The molecule has 4 rings (SSSR count). The van der Waals surface area contributed by atoms with Gasteiger partial charge in [0.05, 0.1) is 0 Å². The van der Waals surface area contributed by atoms with Gasteiger partial charge in [-0.25, -0.2) is 4.79 Å². The number of benzene rings is 1. The Morgan fingerprint density at radius 2 is 1.78 bits per heavy atom. The van der Waals surface area contributed by atoms with Crippen molar-refractivity contribution in [2.45, 2.75) is 25.7 Å². The summed E-state index contributed by atoms with van der Waals surface area (Å²) in [4.78, 5) is 20.9. The van der Waals surface area contributed by atoms with Crippen LogP contribution in [0.3, 0.4) is 0 Å². The largest absolute Gasteiger partial charge is 0.323 e. The molecule has 0 spiro atoms. The molecule has 5 nitrogen and oxygen atoms in total. The number of nitrogens with one attached hydrogen (secondary N) is 1. The highest BCUT2D eigenvalue weighted by Crippen LogP contribution is 2.29. The smallest absolute Gasteiger partial charge is 0.321 e. The van der Waals surface area contributed by atoms with E-state index in [0.29, 0.717) is 11.8 Å². The predicted molar refractivity (Wildman–Crippen MR) is 108 cm³/mol. The van der Waals surface area contributed by atoms with Crippen molar-refractivity contribution in [3.63, 3.8) is 0 Å². The van der Waals surface area contributed by atoms with E-state index in [1.54, 1.807) is 6.20 Å². The summed E-state index contributed by atoms with van der Waals surface area (Å²) in [5.41, 5.74) is 3.44. The number of amides is 2. The Bertz CT molecular complexity index is 763. The van der Waals surface area contributed by atoms with Crippen LogP contribution in [0, 0.1) is 5.92 Å². The van der Waals surface area contributed by atoms with Gasteiger partial charge in [-0.2, -0.15) is 0 Å². The van der Waals surface area contributed by atoms with Crippen LogP contribution in [-0.2, 0) is 0 Å². The fourth-order valence-electron chi connectivity index (χ4n) is 3.96. The third kappa shape index (κ3) is 4.14. The number of hydrogen-bond acceptors (Lipinski definition) is 3. The minimum atomic E-state index is -0.0188. The Morgan fingerprint density at radius 3 is 2.41 bits per heavy atom. The lowest BCUT2D eigenvalue weighted by Crippen LogP contribution is -2.50. The first-order chi connectivity index (χ1) is 13.1. The number of carbonyl (C=O) groups is 1. The Balaban J connectivity index is 1.24. The summed E-state index contributed by atoms with van der Waals surface area (Å²) < 4.78 is 0. The van der Waals surface area contributed by atoms with E-state index in [2.05, 4.69) is 47.2 Å². The Morgan fingerprint density at radius 1 is 1.07 bits per heavy atom. The summed E-state index contributed by atoms with van der Waals surface area (Å²) >= 11 is 0. The molecule has 2 aromatic rings. The molecule has 0 unspecified atom stereocenters. The van der Waals surface area contributed by atoms with Crippen molar-refractivity contribution in [2.75, 3.05) is 38.0 Å². The Labute approximate surface area is 161 Å². The van der Waals surface area contributed by atoms with Gasteiger partial charge in [-0.15, -0.1) is 0 Å². The zero-order valence-corrected chi connectivity index (χ0v) is 16.1. The molecule has 2 saturated heterocycles. The molecule has 0 saturated carbocycles. The molecular formula is C22H28N4O. The summed E-state index contributed by atoms with van der Waals surface area (Å²) in [6.45, 7) is 9.51. The van der Waals surface area contributed by atoms with Crippen LogP contribution in [0.1, 0.15) is 36.8 Å². The summed E-state index contributed by atoms with van der Waals surface area (Å²) in [6, 6.07) is 12.4. The second-order valence-corrected chi connectivity index (χ2v) is 8.25. The molecule has 27 heavy (non-hydrogen) atoms. The number of pyridine rings is 1. The van der Waals surface area contributed by atoms with E-state index in [4.69, 9.17) is 0 Å². The van der Waals surface area contributed by atoms with Gasteiger partial charge in [-0.3, -0.25) is 4.98 Å². The third-order valence-corrected chi connectivity index (χ3v) is 5.54. The second-order valence-electron chi connectivity index (χ2n) is 8.25. The van der Waals surface area contributed by atoms with Gasteiger partial charge < -0.3 is 15.1 Å². The highest BCUT2D eigenvalue weighted by Gasteiger charge is 2.32. The molecule has 5 heteroatoms. The molecule has 1 aromatic carbocycles. The average molecular weight is 364 g/mol. The van der Waals surface area contributed by atoms with Gasteiger partial charge in [-0.1, -0.05) is 32.0 Å². The van der Waals surface area contributed by atoms with Crippen LogP contribution >= 0.6 is 0 Å². The molecule has 2 amide bonds. The highest BCUT2D eigenvalue weighted by molar-refractivity contribution is 5.90. The van der Waals surface area contributed by atoms with Crippen molar-refractivity contribution in [2.24, 2.45) is 5.92 Å². The van der Waals surface area contributed by atoms with E-state index in [9.17, 15) is 4.79 Å². The summed E-state index contributed by atoms with van der Waals surface area (Å²) in [7, 11) is 0. The molecule has 2 aliphatic heterocycles. The molecule has 3 heterocycles.